The van der Waals surface area contributed by atoms with Crippen molar-refractivity contribution in [3.63, 3.8) is 0 Å². The van der Waals surface area contributed by atoms with Crippen molar-refractivity contribution in [2.75, 3.05) is 6.54 Å². The highest BCUT2D eigenvalue weighted by molar-refractivity contribution is 5.85. The summed E-state index contributed by atoms with van der Waals surface area (Å²) in [5, 5.41) is 2.55. The third-order valence-corrected chi connectivity index (χ3v) is 2.32. The second kappa shape index (κ2) is 9.97. The Morgan fingerprint density at radius 3 is 2.10 bits per heavy atom. The summed E-state index contributed by atoms with van der Waals surface area (Å²) in [4.78, 5) is 22.9. The lowest BCUT2D eigenvalue weighted by Gasteiger charge is -2.17. The predicted octanol–water partition coefficient (Wildman–Crippen LogP) is 3.31. The molecule has 0 saturated heterocycles. The Labute approximate surface area is 127 Å². The maximum Gasteiger partial charge on any atom is 0.325 e. The molecule has 0 heterocycles. The van der Waals surface area contributed by atoms with E-state index in [4.69, 9.17) is 4.74 Å². The Morgan fingerprint density at radius 2 is 1.62 bits per heavy atom. The molecule has 0 bridgehead atoms. The molecule has 1 amide bonds. The van der Waals surface area contributed by atoms with Crippen molar-refractivity contribution in [2.24, 2.45) is 5.41 Å². The van der Waals surface area contributed by atoms with E-state index in [1.54, 1.807) is 20.8 Å². The van der Waals surface area contributed by atoms with Gasteiger partial charge in [-0.1, -0.05) is 71.4 Å². The lowest BCUT2D eigenvalue weighted by Crippen LogP contribution is -2.38. The van der Waals surface area contributed by atoms with Crippen LogP contribution in [0.3, 0.4) is 0 Å². The Hall–Kier alpha value is -1.84. The summed E-state index contributed by atoms with van der Waals surface area (Å²) < 4.78 is 5.04. The smallest absolute Gasteiger partial charge is 0.325 e. The van der Waals surface area contributed by atoms with E-state index in [9.17, 15) is 9.59 Å². The fourth-order valence-electron chi connectivity index (χ4n) is 1.21. The molecule has 0 aliphatic heterocycles. The Bertz CT molecular complexity index is 421. The topological polar surface area (TPSA) is 55.4 Å². The third kappa shape index (κ3) is 9.66. The minimum atomic E-state index is -0.500. The van der Waals surface area contributed by atoms with Crippen molar-refractivity contribution < 1.29 is 14.3 Å². The van der Waals surface area contributed by atoms with E-state index in [2.05, 4.69) is 19.2 Å². The number of amides is 1. The van der Waals surface area contributed by atoms with Gasteiger partial charge in [-0.3, -0.25) is 9.59 Å². The SMILES string of the molecule is CC(C)(C)C(=O)NCC(=O)OCc1ccccc1.CCC. The maximum absolute atomic E-state index is 11.5. The molecule has 118 valence electrons. The van der Waals surface area contributed by atoms with Crippen LogP contribution in [-0.2, 0) is 20.9 Å². The summed E-state index contributed by atoms with van der Waals surface area (Å²) in [6.45, 7) is 9.75. The standard InChI is InChI=1S/C14H19NO3.C3H8/c1-14(2,3)13(17)15-9-12(16)18-10-11-7-5-4-6-8-11;1-3-2/h4-8H,9-10H2,1-3H3,(H,15,17);3H2,1-2H3. The summed E-state index contributed by atoms with van der Waals surface area (Å²) in [6.07, 6.45) is 1.25. The van der Waals surface area contributed by atoms with E-state index in [-0.39, 0.29) is 19.1 Å². The van der Waals surface area contributed by atoms with Crippen LogP contribution < -0.4 is 5.32 Å². The number of hydrogen-bond donors (Lipinski definition) is 1. The summed E-state index contributed by atoms with van der Waals surface area (Å²) in [5.74, 6) is -0.601. The van der Waals surface area contributed by atoms with E-state index in [0.29, 0.717) is 0 Å². The predicted molar refractivity (Wildman–Crippen MR) is 84.7 cm³/mol. The number of hydrogen-bond acceptors (Lipinski definition) is 3. The number of carbonyl (C=O) groups is 2. The minimum Gasteiger partial charge on any atom is -0.460 e. The number of esters is 1. The van der Waals surface area contributed by atoms with E-state index in [1.165, 1.54) is 6.42 Å². The van der Waals surface area contributed by atoms with Crippen LogP contribution >= 0.6 is 0 Å². The van der Waals surface area contributed by atoms with Gasteiger partial charge in [0.05, 0.1) is 0 Å². The third-order valence-electron chi connectivity index (χ3n) is 2.32. The first-order chi connectivity index (χ1) is 9.81. The fraction of sp³-hybridized carbons (Fsp3) is 0.529. The van der Waals surface area contributed by atoms with Crippen LogP contribution in [0, 0.1) is 5.41 Å². The van der Waals surface area contributed by atoms with Gasteiger partial charge in [-0.2, -0.15) is 0 Å². The molecule has 0 unspecified atom stereocenters. The molecule has 0 radical (unpaired) electrons. The lowest BCUT2D eigenvalue weighted by atomic mass is 9.96. The van der Waals surface area contributed by atoms with Gasteiger partial charge in [0.1, 0.15) is 13.2 Å². The van der Waals surface area contributed by atoms with Crippen molar-refractivity contribution in [2.45, 2.75) is 47.6 Å². The first-order valence-corrected chi connectivity index (χ1v) is 7.29. The summed E-state index contributed by atoms with van der Waals surface area (Å²) in [5.41, 5.74) is 0.424. The van der Waals surface area contributed by atoms with Crippen LogP contribution in [0.2, 0.25) is 0 Å². The van der Waals surface area contributed by atoms with Crippen molar-refractivity contribution in [3.05, 3.63) is 35.9 Å². The molecular formula is C17H27NO3. The van der Waals surface area contributed by atoms with Gasteiger partial charge < -0.3 is 10.1 Å². The van der Waals surface area contributed by atoms with Gasteiger partial charge in [-0.05, 0) is 5.56 Å². The number of carbonyl (C=O) groups excluding carboxylic acids is 2. The van der Waals surface area contributed by atoms with Crippen molar-refractivity contribution in [3.8, 4) is 0 Å². The molecule has 0 spiro atoms. The van der Waals surface area contributed by atoms with Crippen LogP contribution in [0.4, 0.5) is 0 Å². The Morgan fingerprint density at radius 1 is 1.10 bits per heavy atom. The largest absolute Gasteiger partial charge is 0.460 e. The molecule has 0 aromatic heterocycles. The average molecular weight is 293 g/mol. The number of ether oxygens (including phenoxy) is 1. The van der Waals surface area contributed by atoms with Gasteiger partial charge >= 0.3 is 5.97 Å². The van der Waals surface area contributed by atoms with Crippen LogP contribution in [0.15, 0.2) is 30.3 Å². The Kier molecular flexibility index (Phi) is 9.10. The average Bonchev–Trinajstić information content (AvgIpc) is 2.43. The van der Waals surface area contributed by atoms with Crippen molar-refractivity contribution >= 4 is 11.9 Å². The molecule has 4 heteroatoms. The number of rotatable bonds is 4. The zero-order valence-electron chi connectivity index (χ0n) is 13.7. The van der Waals surface area contributed by atoms with E-state index in [0.717, 1.165) is 5.56 Å². The molecule has 1 rings (SSSR count). The molecule has 1 aromatic rings. The van der Waals surface area contributed by atoms with E-state index < -0.39 is 11.4 Å². The molecule has 4 nitrogen and oxygen atoms in total. The van der Waals surface area contributed by atoms with E-state index >= 15 is 0 Å². The van der Waals surface area contributed by atoms with Crippen LogP contribution in [0.1, 0.15) is 46.6 Å². The second-order valence-corrected chi connectivity index (χ2v) is 5.79. The van der Waals surface area contributed by atoms with E-state index in [1.807, 2.05) is 30.3 Å². The number of benzene rings is 1. The van der Waals surface area contributed by atoms with Gasteiger partial charge in [-0.15, -0.1) is 0 Å². The summed E-state index contributed by atoms with van der Waals surface area (Å²) >= 11 is 0. The second-order valence-electron chi connectivity index (χ2n) is 5.79. The quantitative estimate of drug-likeness (QED) is 0.867. The van der Waals surface area contributed by atoms with Crippen LogP contribution in [0.25, 0.3) is 0 Å². The monoisotopic (exact) mass is 293 g/mol. The highest BCUT2D eigenvalue weighted by atomic mass is 16.5. The molecule has 0 aliphatic rings. The van der Waals surface area contributed by atoms with Crippen molar-refractivity contribution in [1.82, 2.24) is 5.32 Å². The summed E-state index contributed by atoms with van der Waals surface area (Å²) in [6, 6.07) is 9.41. The van der Waals surface area contributed by atoms with Gasteiger partial charge in [0.2, 0.25) is 5.91 Å². The van der Waals surface area contributed by atoms with Gasteiger partial charge in [0, 0.05) is 5.41 Å². The van der Waals surface area contributed by atoms with Gasteiger partial charge in [-0.25, -0.2) is 0 Å². The molecule has 21 heavy (non-hydrogen) atoms. The highest BCUT2D eigenvalue weighted by Gasteiger charge is 2.21. The number of nitrogens with one attached hydrogen (secondary N) is 1. The first-order valence-electron chi connectivity index (χ1n) is 7.29. The Balaban J connectivity index is 0.00000122. The molecule has 0 aliphatic carbocycles. The fourth-order valence-corrected chi connectivity index (χ4v) is 1.21. The zero-order chi connectivity index (χ0) is 16.3. The lowest BCUT2D eigenvalue weighted by molar-refractivity contribution is -0.145. The first kappa shape index (κ1) is 19.2. The molecule has 1 N–H and O–H groups in total. The molecule has 0 saturated carbocycles. The van der Waals surface area contributed by atoms with Crippen LogP contribution in [0.5, 0.6) is 0 Å². The maximum atomic E-state index is 11.5. The molecular weight excluding hydrogens is 266 g/mol. The molecule has 0 fully saturated rings. The molecule has 1 aromatic carbocycles. The highest BCUT2D eigenvalue weighted by Crippen LogP contribution is 2.12. The normalized spacial score (nSPS) is 10.1. The van der Waals surface area contributed by atoms with Gasteiger partial charge in [0.25, 0.3) is 0 Å². The van der Waals surface area contributed by atoms with Crippen LogP contribution in [-0.4, -0.2) is 18.4 Å². The molecule has 0 atom stereocenters. The summed E-state index contributed by atoms with van der Waals surface area (Å²) in [7, 11) is 0. The van der Waals surface area contributed by atoms with Crippen molar-refractivity contribution in [1.29, 1.82) is 0 Å². The van der Waals surface area contributed by atoms with Gasteiger partial charge in [0.15, 0.2) is 0 Å². The zero-order valence-corrected chi connectivity index (χ0v) is 13.7. The minimum absolute atomic E-state index is 0.0943.